The Labute approximate surface area is 182 Å². The number of aldehydes is 1. The third-order valence-electron chi connectivity index (χ3n) is 4.95. The minimum atomic E-state index is -0.125. The van der Waals surface area contributed by atoms with E-state index in [0.717, 1.165) is 39.7 Å². The Bertz CT molecular complexity index is 1140. The fraction of sp³-hybridized carbons (Fsp3) is 0.185. The molecule has 0 N–H and O–H groups in total. The Morgan fingerprint density at radius 3 is 1.35 bits per heavy atom. The smallest absolute Gasteiger partial charge is 0.160 e. The van der Waals surface area contributed by atoms with Crippen molar-refractivity contribution in [2.45, 2.75) is 34.6 Å². The van der Waals surface area contributed by atoms with Crippen LogP contribution in [0.2, 0.25) is 0 Å². The van der Waals surface area contributed by atoms with E-state index >= 15 is 0 Å². The summed E-state index contributed by atoms with van der Waals surface area (Å²) in [7, 11) is 0. The van der Waals surface area contributed by atoms with Gasteiger partial charge in [0, 0.05) is 16.7 Å². The number of ketones is 3. The van der Waals surface area contributed by atoms with Crippen LogP contribution >= 0.6 is 0 Å². The van der Waals surface area contributed by atoms with Crippen molar-refractivity contribution in [3.8, 4) is 22.3 Å². The predicted octanol–water partition coefficient (Wildman–Crippen LogP) is 6.14. The zero-order chi connectivity index (χ0) is 23.1. The van der Waals surface area contributed by atoms with Gasteiger partial charge >= 0.3 is 0 Å². The molecule has 4 heteroatoms. The van der Waals surface area contributed by atoms with E-state index in [1.54, 1.807) is 19.1 Å². The lowest BCUT2D eigenvalue weighted by Crippen LogP contribution is -2.04. The highest BCUT2D eigenvalue weighted by atomic mass is 16.1. The van der Waals surface area contributed by atoms with E-state index in [9.17, 15) is 14.4 Å². The molecule has 0 aromatic heterocycles. The fourth-order valence-electron chi connectivity index (χ4n) is 3.36. The van der Waals surface area contributed by atoms with E-state index < -0.39 is 0 Å². The van der Waals surface area contributed by atoms with Crippen molar-refractivity contribution in [2.24, 2.45) is 0 Å². The van der Waals surface area contributed by atoms with Crippen molar-refractivity contribution in [1.29, 1.82) is 0 Å². The van der Waals surface area contributed by atoms with Gasteiger partial charge in [-0.05, 0) is 74.6 Å². The Morgan fingerprint density at radius 1 is 0.581 bits per heavy atom. The molecule has 158 valence electrons. The Balaban J connectivity index is 0.00000107. The summed E-state index contributed by atoms with van der Waals surface area (Å²) in [6.45, 7) is 7.89. The molecule has 3 aromatic rings. The lowest BCUT2D eigenvalue weighted by Gasteiger charge is -2.10. The monoisotopic (exact) mass is 414 g/mol. The Morgan fingerprint density at radius 2 is 0.935 bits per heavy atom. The maximum Gasteiger partial charge on any atom is 0.160 e. The van der Waals surface area contributed by atoms with Gasteiger partial charge in [0.2, 0.25) is 0 Å². The van der Waals surface area contributed by atoms with Crippen molar-refractivity contribution < 1.29 is 19.2 Å². The number of aryl methyl sites for hydroxylation is 1. The van der Waals surface area contributed by atoms with Gasteiger partial charge in [0.05, 0.1) is 0 Å². The fourth-order valence-corrected chi connectivity index (χ4v) is 3.36. The number of hydrogen-bond acceptors (Lipinski definition) is 4. The summed E-state index contributed by atoms with van der Waals surface area (Å²) in [5, 5.41) is 0. The maximum absolute atomic E-state index is 11.9. The van der Waals surface area contributed by atoms with E-state index in [-0.39, 0.29) is 17.3 Å². The molecule has 0 unspecified atom stereocenters. The molecular formula is C27H26O4. The topological polar surface area (TPSA) is 68.3 Å². The molecule has 0 fully saturated rings. The molecule has 31 heavy (non-hydrogen) atoms. The summed E-state index contributed by atoms with van der Waals surface area (Å²) in [6, 6.07) is 19.2. The SMILES string of the molecule is CC(=O)c1cc(-c2ccc(-c3ccc(C(C)=O)c(C(C)=O)c3)cc2)ccc1C.CC=O. The van der Waals surface area contributed by atoms with Gasteiger partial charge < -0.3 is 4.79 Å². The number of carbonyl (C=O) groups is 4. The lowest BCUT2D eigenvalue weighted by atomic mass is 9.93. The van der Waals surface area contributed by atoms with E-state index in [0.29, 0.717) is 11.1 Å². The van der Waals surface area contributed by atoms with Crippen LogP contribution in [0.15, 0.2) is 60.7 Å². The number of benzene rings is 3. The zero-order valence-corrected chi connectivity index (χ0v) is 18.5. The van der Waals surface area contributed by atoms with Crippen LogP contribution < -0.4 is 0 Å². The minimum absolute atomic E-state index is 0.0540. The molecule has 0 bridgehead atoms. The second-order valence-electron chi connectivity index (χ2n) is 7.27. The minimum Gasteiger partial charge on any atom is -0.304 e. The van der Waals surface area contributed by atoms with Gasteiger partial charge in [-0.25, -0.2) is 0 Å². The number of hydrogen-bond donors (Lipinski definition) is 0. The molecule has 0 heterocycles. The second-order valence-corrected chi connectivity index (χ2v) is 7.27. The molecular weight excluding hydrogens is 388 g/mol. The Hall–Kier alpha value is -3.66. The molecule has 0 saturated carbocycles. The number of Topliss-reactive ketones (excluding diaryl/α,β-unsaturated/α-hetero) is 3. The summed E-state index contributed by atoms with van der Waals surface area (Å²) in [6.07, 6.45) is 0.750. The molecule has 0 atom stereocenters. The van der Waals surface area contributed by atoms with Crippen LogP contribution in [0.5, 0.6) is 0 Å². The van der Waals surface area contributed by atoms with Gasteiger partial charge in [-0.1, -0.05) is 48.5 Å². The summed E-state index contributed by atoms with van der Waals surface area (Å²) < 4.78 is 0. The third kappa shape index (κ3) is 5.70. The van der Waals surface area contributed by atoms with Crippen LogP contribution in [-0.2, 0) is 4.79 Å². The lowest BCUT2D eigenvalue weighted by molar-refractivity contribution is -0.106. The first-order valence-corrected chi connectivity index (χ1v) is 9.97. The van der Waals surface area contributed by atoms with Crippen LogP contribution in [0.25, 0.3) is 22.3 Å². The molecule has 4 nitrogen and oxygen atoms in total. The quantitative estimate of drug-likeness (QED) is 0.371. The van der Waals surface area contributed by atoms with Gasteiger partial charge in [0.1, 0.15) is 6.29 Å². The molecule has 0 amide bonds. The Kier molecular flexibility index (Phi) is 7.92. The van der Waals surface area contributed by atoms with E-state index in [2.05, 4.69) is 0 Å². The molecule has 0 aliphatic carbocycles. The first-order valence-electron chi connectivity index (χ1n) is 9.97. The third-order valence-corrected chi connectivity index (χ3v) is 4.95. The van der Waals surface area contributed by atoms with E-state index in [4.69, 9.17) is 4.79 Å². The second kappa shape index (κ2) is 10.4. The van der Waals surface area contributed by atoms with E-state index in [1.807, 2.05) is 55.5 Å². The average Bonchev–Trinajstić information content (AvgIpc) is 2.74. The van der Waals surface area contributed by atoms with Crippen LogP contribution in [0, 0.1) is 6.92 Å². The van der Waals surface area contributed by atoms with Crippen LogP contribution in [0.4, 0.5) is 0 Å². The average molecular weight is 415 g/mol. The van der Waals surface area contributed by atoms with Crippen molar-refractivity contribution in [3.05, 3.63) is 82.9 Å². The highest BCUT2D eigenvalue weighted by Gasteiger charge is 2.13. The van der Waals surface area contributed by atoms with Gasteiger partial charge in [-0.15, -0.1) is 0 Å². The number of carbonyl (C=O) groups excluding carboxylic acids is 4. The van der Waals surface area contributed by atoms with Crippen molar-refractivity contribution in [1.82, 2.24) is 0 Å². The van der Waals surface area contributed by atoms with Crippen LogP contribution in [0.3, 0.4) is 0 Å². The largest absolute Gasteiger partial charge is 0.304 e. The molecule has 3 rings (SSSR count). The summed E-state index contributed by atoms with van der Waals surface area (Å²) in [4.78, 5) is 44.3. The normalized spacial score (nSPS) is 9.97. The van der Waals surface area contributed by atoms with E-state index in [1.165, 1.54) is 20.8 Å². The summed E-state index contributed by atoms with van der Waals surface area (Å²) >= 11 is 0. The molecule has 3 aromatic carbocycles. The first-order chi connectivity index (χ1) is 14.7. The van der Waals surface area contributed by atoms with Gasteiger partial charge in [0.25, 0.3) is 0 Å². The van der Waals surface area contributed by atoms with Gasteiger partial charge in [-0.3, -0.25) is 14.4 Å². The standard InChI is InChI=1S/C25H22O3.C2H4O/c1-15-5-6-21(13-24(15)17(3)27)19-7-9-20(10-8-19)22-11-12-23(16(2)26)25(14-22)18(4)28;1-2-3/h5-14H,1-4H3;2H,1H3. The molecule has 0 aliphatic rings. The van der Waals surface area contributed by atoms with Crippen molar-refractivity contribution in [2.75, 3.05) is 0 Å². The van der Waals surface area contributed by atoms with Crippen LogP contribution in [0.1, 0.15) is 64.3 Å². The van der Waals surface area contributed by atoms with Crippen molar-refractivity contribution in [3.63, 3.8) is 0 Å². The molecule has 0 radical (unpaired) electrons. The molecule has 0 saturated heterocycles. The van der Waals surface area contributed by atoms with Gasteiger partial charge in [0.15, 0.2) is 17.3 Å². The summed E-state index contributed by atoms with van der Waals surface area (Å²) in [5.74, 6) is -0.189. The first kappa shape index (κ1) is 23.6. The highest BCUT2D eigenvalue weighted by Crippen LogP contribution is 2.28. The zero-order valence-electron chi connectivity index (χ0n) is 18.5. The van der Waals surface area contributed by atoms with Crippen LogP contribution in [-0.4, -0.2) is 23.6 Å². The predicted molar refractivity (Wildman–Crippen MR) is 124 cm³/mol. The summed E-state index contributed by atoms with van der Waals surface area (Å²) in [5.41, 5.74) is 6.43. The maximum atomic E-state index is 11.9. The van der Waals surface area contributed by atoms with Crippen molar-refractivity contribution >= 4 is 23.6 Å². The highest BCUT2D eigenvalue weighted by molar-refractivity contribution is 6.08. The molecule has 0 spiro atoms. The molecule has 0 aliphatic heterocycles. The van der Waals surface area contributed by atoms with Gasteiger partial charge in [-0.2, -0.15) is 0 Å². The number of rotatable bonds is 5.